The van der Waals surface area contributed by atoms with Crippen LogP contribution in [-0.4, -0.2) is 35.2 Å². The minimum atomic E-state index is -4.74. The molecule has 1 aliphatic heterocycles. The summed E-state index contributed by atoms with van der Waals surface area (Å²) in [6.45, 7) is 3.27. The SMILES string of the molecule is Cc1c(C(=O)N2CCCC(Cc3cnc4ccccc4c3)C2)cccc1-c1ccc(OC(F)(F)F)cc1. The first-order valence-corrected chi connectivity index (χ1v) is 12.4. The molecule has 0 N–H and O–H groups in total. The fourth-order valence-electron chi connectivity index (χ4n) is 5.16. The fourth-order valence-corrected chi connectivity index (χ4v) is 5.16. The topological polar surface area (TPSA) is 42.4 Å². The number of hydrogen-bond donors (Lipinski definition) is 0. The first-order chi connectivity index (χ1) is 17.8. The van der Waals surface area contributed by atoms with Crippen LogP contribution in [0, 0.1) is 12.8 Å². The first kappa shape index (κ1) is 24.8. The molecule has 0 saturated carbocycles. The molecule has 1 amide bonds. The molecule has 37 heavy (non-hydrogen) atoms. The second-order valence-electron chi connectivity index (χ2n) is 9.55. The van der Waals surface area contributed by atoms with Gasteiger partial charge in [0.15, 0.2) is 0 Å². The normalized spacial score (nSPS) is 16.1. The molecule has 4 nitrogen and oxygen atoms in total. The Morgan fingerprint density at radius 2 is 1.84 bits per heavy atom. The largest absolute Gasteiger partial charge is 0.573 e. The standard InChI is InChI=1S/C30H27F3N2O2/c1-20-26(23-11-13-25(14-12-23)37-30(31,32)33)8-4-9-27(20)29(36)35-15-5-6-21(19-35)16-22-17-24-7-2-3-10-28(24)34-18-22/h2-4,7-14,17-18,21H,5-6,15-16,19H2,1H3. The first-order valence-electron chi connectivity index (χ1n) is 12.4. The van der Waals surface area contributed by atoms with Crippen molar-refractivity contribution in [2.75, 3.05) is 13.1 Å². The number of benzene rings is 3. The van der Waals surface area contributed by atoms with Crippen LogP contribution in [0.4, 0.5) is 13.2 Å². The number of para-hydroxylation sites is 1. The van der Waals surface area contributed by atoms with Crippen LogP contribution in [-0.2, 0) is 6.42 Å². The number of carbonyl (C=O) groups excluding carboxylic acids is 1. The third kappa shape index (κ3) is 5.77. The number of piperidine rings is 1. The summed E-state index contributed by atoms with van der Waals surface area (Å²) >= 11 is 0. The van der Waals surface area contributed by atoms with Gasteiger partial charge in [-0.05, 0) is 84.7 Å². The number of rotatable bonds is 5. The molecule has 0 radical (unpaired) electrons. The van der Waals surface area contributed by atoms with Gasteiger partial charge in [0, 0.05) is 30.2 Å². The number of pyridine rings is 1. The zero-order valence-electron chi connectivity index (χ0n) is 20.5. The minimum absolute atomic E-state index is 0.0160. The van der Waals surface area contributed by atoms with E-state index < -0.39 is 6.36 Å². The maximum atomic E-state index is 13.6. The average molecular weight is 505 g/mol. The van der Waals surface area contributed by atoms with Crippen molar-refractivity contribution >= 4 is 16.8 Å². The van der Waals surface area contributed by atoms with Gasteiger partial charge in [0.2, 0.25) is 0 Å². The van der Waals surface area contributed by atoms with Crippen molar-refractivity contribution in [2.24, 2.45) is 5.92 Å². The molecular formula is C30H27F3N2O2. The third-order valence-corrected chi connectivity index (χ3v) is 6.94. The Balaban J connectivity index is 1.31. The molecule has 1 aromatic heterocycles. The number of alkyl halides is 3. The molecular weight excluding hydrogens is 477 g/mol. The molecule has 1 atom stereocenters. The Morgan fingerprint density at radius 1 is 1.05 bits per heavy atom. The highest BCUT2D eigenvalue weighted by molar-refractivity contribution is 5.97. The van der Waals surface area contributed by atoms with E-state index in [1.807, 2.05) is 54.4 Å². The van der Waals surface area contributed by atoms with E-state index in [0.29, 0.717) is 24.6 Å². The van der Waals surface area contributed by atoms with Crippen molar-refractivity contribution in [3.63, 3.8) is 0 Å². The second-order valence-corrected chi connectivity index (χ2v) is 9.55. The lowest BCUT2D eigenvalue weighted by Gasteiger charge is -2.33. The van der Waals surface area contributed by atoms with E-state index in [4.69, 9.17) is 0 Å². The van der Waals surface area contributed by atoms with Crippen LogP contribution in [0.1, 0.15) is 34.3 Å². The Bertz CT molecular complexity index is 1420. The molecule has 2 heterocycles. The van der Waals surface area contributed by atoms with E-state index in [-0.39, 0.29) is 11.7 Å². The summed E-state index contributed by atoms with van der Waals surface area (Å²) < 4.78 is 41.4. The van der Waals surface area contributed by atoms with Crippen LogP contribution in [0.25, 0.3) is 22.0 Å². The number of nitrogens with zero attached hydrogens (tertiary/aromatic N) is 2. The molecule has 0 bridgehead atoms. The summed E-state index contributed by atoms with van der Waals surface area (Å²) in [5.41, 5.74) is 5.10. The zero-order valence-corrected chi connectivity index (χ0v) is 20.5. The average Bonchev–Trinajstić information content (AvgIpc) is 2.88. The summed E-state index contributed by atoms with van der Waals surface area (Å²) in [5, 5.41) is 1.12. The molecule has 1 aliphatic rings. The van der Waals surface area contributed by atoms with E-state index in [9.17, 15) is 18.0 Å². The maximum absolute atomic E-state index is 13.6. The predicted octanol–water partition coefficient (Wildman–Crippen LogP) is 7.20. The predicted molar refractivity (Wildman–Crippen MR) is 137 cm³/mol. The van der Waals surface area contributed by atoms with Gasteiger partial charge in [0.1, 0.15) is 5.75 Å². The molecule has 1 unspecified atom stereocenters. The summed E-state index contributed by atoms with van der Waals surface area (Å²) in [6, 6.07) is 21.5. The molecule has 5 rings (SSSR count). The van der Waals surface area contributed by atoms with Gasteiger partial charge in [0.05, 0.1) is 5.52 Å². The molecule has 190 valence electrons. The van der Waals surface area contributed by atoms with Crippen molar-refractivity contribution in [3.8, 4) is 16.9 Å². The summed E-state index contributed by atoms with van der Waals surface area (Å²) in [7, 11) is 0. The molecule has 1 saturated heterocycles. The van der Waals surface area contributed by atoms with Crippen LogP contribution in [0.15, 0.2) is 79.0 Å². The summed E-state index contributed by atoms with van der Waals surface area (Å²) in [5.74, 6) is 0.0603. The summed E-state index contributed by atoms with van der Waals surface area (Å²) in [4.78, 5) is 20.1. The number of carbonyl (C=O) groups is 1. The van der Waals surface area contributed by atoms with Crippen molar-refractivity contribution in [1.82, 2.24) is 9.88 Å². The van der Waals surface area contributed by atoms with Crippen molar-refractivity contribution in [2.45, 2.75) is 32.5 Å². The van der Waals surface area contributed by atoms with Gasteiger partial charge in [-0.15, -0.1) is 13.2 Å². The Kier molecular flexibility index (Phi) is 6.87. The quantitative estimate of drug-likeness (QED) is 0.289. The Labute approximate surface area is 213 Å². The number of aromatic nitrogens is 1. The molecule has 0 spiro atoms. The molecule has 0 aliphatic carbocycles. The van der Waals surface area contributed by atoms with Crippen LogP contribution in [0.3, 0.4) is 0 Å². The van der Waals surface area contributed by atoms with Crippen molar-refractivity contribution in [3.05, 3.63) is 95.7 Å². The van der Waals surface area contributed by atoms with E-state index in [0.717, 1.165) is 46.9 Å². The van der Waals surface area contributed by atoms with E-state index in [1.54, 1.807) is 12.1 Å². The highest BCUT2D eigenvalue weighted by atomic mass is 19.4. The van der Waals surface area contributed by atoms with Crippen LogP contribution < -0.4 is 4.74 Å². The molecule has 3 aromatic carbocycles. The Morgan fingerprint density at radius 3 is 2.62 bits per heavy atom. The number of halogens is 3. The van der Waals surface area contributed by atoms with Crippen LogP contribution in [0.2, 0.25) is 0 Å². The summed E-state index contributed by atoms with van der Waals surface area (Å²) in [6.07, 6.45) is 0.0639. The monoisotopic (exact) mass is 504 g/mol. The third-order valence-electron chi connectivity index (χ3n) is 6.94. The zero-order chi connectivity index (χ0) is 26.0. The van der Waals surface area contributed by atoms with E-state index >= 15 is 0 Å². The fraction of sp³-hybridized carbons (Fsp3) is 0.267. The number of fused-ring (bicyclic) bond motifs is 1. The van der Waals surface area contributed by atoms with Gasteiger partial charge in [-0.25, -0.2) is 0 Å². The van der Waals surface area contributed by atoms with Gasteiger partial charge in [-0.2, -0.15) is 0 Å². The number of ether oxygens (including phenoxy) is 1. The lowest BCUT2D eigenvalue weighted by molar-refractivity contribution is -0.274. The molecule has 1 fully saturated rings. The maximum Gasteiger partial charge on any atom is 0.573 e. The van der Waals surface area contributed by atoms with Gasteiger partial charge in [-0.3, -0.25) is 9.78 Å². The van der Waals surface area contributed by atoms with Gasteiger partial charge < -0.3 is 9.64 Å². The lowest BCUT2D eigenvalue weighted by Crippen LogP contribution is -2.40. The highest BCUT2D eigenvalue weighted by Gasteiger charge is 2.31. The lowest BCUT2D eigenvalue weighted by atomic mass is 9.90. The van der Waals surface area contributed by atoms with E-state index in [1.165, 1.54) is 17.7 Å². The molecule has 4 aromatic rings. The van der Waals surface area contributed by atoms with Crippen LogP contribution >= 0.6 is 0 Å². The van der Waals surface area contributed by atoms with Gasteiger partial charge >= 0.3 is 6.36 Å². The van der Waals surface area contributed by atoms with Crippen molar-refractivity contribution < 1.29 is 22.7 Å². The van der Waals surface area contributed by atoms with Gasteiger partial charge in [0.25, 0.3) is 5.91 Å². The van der Waals surface area contributed by atoms with Crippen LogP contribution in [0.5, 0.6) is 5.75 Å². The molecule has 7 heteroatoms. The minimum Gasteiger partial charge on any atom is -0.406 e. The van der Waals surface area contributed by atoms with Crippen molar-refractivity contribution in [1.29, 1.82) is 0 Å². The van der Waals surface area contributed by atoms with E-state index in [2.05, 4.69) is 21.9 Å². The van der Waals surface area contributed by atoms with Gasteiger partial charge in [-0.1, -0.05) is 42.5 Å². The number of hydrogen-bond acceptors (Lipinski definition) is 3. The Hall–Kier alpha value is -3.87. The highest BCUT2D eigenvalue weighted by Crippen LogP contribution is 2.31. The smallest absolute Gasteiger partial charge is 0.406 e. The second kappa shape index (κ2) is 10.2. The number of likely N-dealkylation sites (tertiary alicyclic amines) is 1. The number of amides is 1.